The molecular weight excluding hydrogens is 349 g/mol. The van der Waals surface area contributed by atoms with Gasteiger partial charge in [-0.05, 0) is 25.8 Å². The quantitative estimate of drug-likeness (QED) is 0.273. The van der Waals surface area contributed by atoms with Crippen molar-refractivity contribution in [1.29, 1.82) is 0 Å². The molecule has 0 aliphatic carbocycles. The molecule has 0 spiro atoms. The van der Waals surface area contributed by atoms with Gasteiger partial charge in [-0.1, -0.05) is 42.0 Å². The minimum absolute atomic E-state index is 0. The highest BCUT2D eigenvalue weighted by Crippen LogP contribution is 2.02. The summed E-state index contributed by atoms with van der Waals surface area (Å²) in [5, 5.41) is 6.57. The summed E-state index contributed by atoms with van der Waals surface area (Å²) in [5.41, 5.74) is 2.55. The normalized spacial score (nSPS) is 11.2. The highest BCUT2D eigenvalue weighted by molar-refractivity contribution is 14.0. The van der Waals surface area contributed by atoms with E-state index in [1.165, 1.54) is 11.1 Å². The molecule has 4 heteroatoms. The first-order valence-electron chi connectivity index (χ1n) is 6.37. The Balaban J connectivity index is 0.00000324. The molecule has 0 bridgehead atoms. The van der Waals surface area contributed by atoms with Gasteiger partial charge in [0.1, 0.15) is 0 Å². The van der Waals surface area contributed by atoms with Crippen LogP contribution in [0.15, 0.2) is 41.4 Å². The third-order valence-corrected chi connectivity index (χ3v) is 2.64. The summed E-state index contributed by atoms with van der Waals surface area (Å²) in [6.07, 6.45) is 5.21. The summed E-state index contributed by atoms with van der Waals surface area (Å²) in [6.45, 7) is 5.82. The van der Waals surface area contributed by atoms with Crippen molar-refractivity contribution in [3.8, 4) is 0 Å². The fraction of sp³-hybridized carbons (Fsp3) is 0.400. The minimum atomic E-state index is 0. The molecule has 0 unspecified atom stereocenters. The molecule has 106 valence electrons. The zero-order valence-corrected chi connectivity index (χ0v) is 14.3. The fourth-order valence-corrected chi connectivity index (χ4v) is 1.55. The molecule has 0 atom stereocenters. The van der Waals surface area contributed by atoms with Gasteiger partial charge in [-0.2, -0.15) is 0 Å². The zero-order chi connectivity index (χ0) is 13.2. The van der Waals surface area contributed by atoms with Crippen molar-refractivity contribution in [3.63, 3.8) is 0 Å². The van der Waals surface area contributed by atoms with Crippen LogP contribution in [0, 0.1) is 6.92 Å². The Hall–Kier alpha value is -1.04. The van der Waals surface area contributed by atoms with E-state index in [9.17, 15) is 0 Å². The number of hydrogen-bond donors (Lipinski definition) is 2. The van der Waals surface area contributed by atoms with E-state index in [0.29, 0.717) is 0 Å². The average molecular weight is 373 g/mol. The maximum atomic E-state index is 4.19. The molecule has 3 nitrogen and oxygen atoms in total. The molecule has 0 aliphatic heterocycles. The highest BCUT2D eigenvalue weighted by Gasteiger charge is 1.96. The summed E-state index contributed by atoms with van der Waals surface area (Å²) in [7, 11) is 1.79. The van der Waals surface area contributed by atoms with Gasteiger partial charge in [0.25, 0.3) is 0 Å². The molecule has 0 saturated carbocycles. The lowest BCUT2D eigenvalue weighted by molar-refractivity contribution is 0.804. The van der Waals surface area contributed by atoms with Crippen molar-refractivity contribution in [2.75, 3.05) is 13.6 Å². The first kappa shape index (κ1) is 18.0. The van der Waals surface area contributed by atoms with Gasteiger partial charge in [-0.3, -0.25) is 4.99 Å². The van der Waals surface area contributed by atoms with Crippen LogP contribution < -0.4 is 10.6 Å². The second-order valence-electron chi connectivity index (χ2n) is 4.20. The number of guanidine groups is 1. The number of aryl methyl sites for hydroxylation is 1. The average Bonchev–Trinajstić information content (AvgIpc) is 2.40. The van der Waals surface area contributed by atoms with E-state index in [-0.39, 0.29) is 24.0 Å². The number of halogens is 1. The zero-order valence-electron chi connectivity index (χ0n) is 11.9. The number of rotatable bonds is 5. The Morgan fingerprint density at radius 2 is 1.89 bits per heavy atom. The topological polar surface area (TPSA) is 36.4 Å². The molecule has 0 fully saturated rings. The number of hydrogen-bond acceptors (Lipinski definition) is 1. The van der Waals surface area contributed by atoms with Crippen LogP contribution in [0.4, 0.5) is 0 Å². The number of nitrogens with one attached hydrogen (secondary N) is 2. The van der Waals surface area contributed by atoms with Crippen LogP contribution in [0.5, 0.6) is 0 Å². The Bertz CT molecular complexity index is 396. The molecule has 1 aromatic rings. The van der Waals surface area contributed by atoms with E-state index in [0.717, 1.165) is 25.5 Å². The predicted octanol–water partition coefficient (Wildman–Crippen LogP) is 3.24. The summed E-state index contributed by atoms with van der Waals surface area (Å²) in [5.74, 6) is 0.847. The standard InChI is InChI=1S/C15H23N3.HI/c1-4-5-6-11-17-15(16-3)18-12-14-9-7-13(2)8-10-14;/h4-5,7-10H,6,11-12H2,1-3H3,(H2,16,17,18);1H. The smallest absolute Gasteiger partial charge is 0.191 e. The third-order valence-electron chi connectivity index (χ3n) is 2.64. The number of aliphatic imine (C=N–C) groups is 1. The predicted molar refractivity (Wildman–Crippen MR) is 94.2 cm³/mol. The van der Waals surface area contributed by atoms with E-state index in [1.807, 2.05) is 6.92 Å². The summed E-state index contributed by atoms with van der Waals surface area (Å²) in [6, 6.07) is 8.52. The van der Waals surface area contributed by atoms with E-state index in [4.69, 9.17) is 0 Å². The Kier molecular flexibility index (Phi) is 10.2. The van der Waals surface area contributed by atoms with E-state index >= 15 is 0 Å². The summed E-state index contributed by atoms with van der Waals surface area (Å²) >= 11 is 0. The van der Waals surface area contributed by atoms with Crippen molar-refractivity contribution in [3.05, 3.63) is 47.5 Å². The lowest BCUT2D eigenvalue weighted by Crippen LogP contribution is -2.37. The van der Waals surface area contributed by atoms with Crippen LogP contribution in [-0.4, -0.2) is 19.6 Å². The molecule has 0 amide bonds. The lowest BCUT2D eigenvalue weighted by atomic mass is 10.1. The van der Waals surface area contributed by atoms with Gasteiger partial charge in [-0.25, -0.2) is 0 Å². The van der Waals surface area contributed by atoms with Gasteiger partial charge >= 0.3 is 0 Å². The Morgan fingerprint density at radius 3 is 2.47 bits per heavy atom. The largest absolute Gasteiger partial charge is 0.356 e. The van der Waals surface area contributed by atoms with Crippen molar-refractivity contribution in [2.24, 2.45) is 4.99 Å². The van der Waals surface area contributed by atoms with Gasteiger partial charge in [0.2, 0.25) is 0 Å². The van der Waals surface area contributed by atoms with Crippen LogP contribution in [-0.2, 0) is 6.54 Å². The second-order valence-corrected chi connectivity index (χ2v) is 4.20. The van der Waals surface area contributed by atoms with E-state index in [2.05, 4.69) is 59.0 Å². The molecule has 0 saturated heterocycles. The van der Waals surface area contributed by atoms with Gasteiger partial charge < -0.3 is 10.6 Å². The second kappa shape index (κ2) is 10.8. The first-order chi connectivity index (χ1) is 8.76. The van der Waals surface area contributed by atoms with Gasteiger partial charge in [0, 0.05) is 20.1 Å². The number of benzene rings is 1. The van der Waals surface area contributed by atoms with Crippen LogP contribution >= 0.6 is 24.0 Å². The van der Waals surface area contributed by atoms with Crippen molar-refractivity contribution < 1.29 is 0 Å². The summed E-state index contributed by atoms with van der Waals surface area (Å²) < 4.78 is 0. The molecular formula is C15H24IN3. The molecule has 0 aliphatic rings. The lowest BCUT2D eigenvalue weighted by Gasteiger charge is -2.11. The molecule has 0 aromatic heterocycles. The summed E-state index contributed by atoms with van der Waals surface area (Å²) in [4.78, 5) is 4.19. The first-order valence-corrected chi connectivity index (χ1v) is 6.37. The molecule has 0 radical (unpaired) electrons. The molecule has 1 rings (SSSR count). The van der Waals surface area contributed by atoms with Crippen LogP contribution in [0.3, 0.4) is 0 Å². The molecule has 1 aromatic carbocycles. The van der Waals surface area contributed by atoms with Crippen LogP contribution in [0.1, 0.15) is 24.5 Å². The fourth-order valence-electron chi connectivity index (χ4n) is 1.55. The van der Waals surface area contributed by atoms with Gasteiger partial charge in [-0.15, -0.1) is 24.0 Å². The Labute approximate surface area is 133 Å². The molecule has 2 N–H and O–H groups in total. The SMILES string of the molecule is CC=CCCNC(=NC)NCc1ccc(C)cc1.I. The number of allylic oxidation sites excluding steroid dienone is 1. The molecule has 19 heavy (non-hydrogen) atoms. The minimum Gasteiger partial charge on any atom is -0.356 e. The van der Waals surface area contributed by atoms with Gasteiger partial charge in [0.05, 0.1) is 0 Å². The number of nitrogens with zero attached hydrogens (tertiary/aromatic N) is 1. The maximum Gasteiger partial charge on any atom is 0.191 e. The van der Waals surface area contributed by atoms with Gasteiger partial charge in [0.15, 0.2) is 5.96 Å². The van der Waals surface area contributed by atoms with Crippen molar-refractivity contribution >= 4 is 29.9 Å². The van der Waals surface area contributed by atoms with Crippen LogP contribution in [0.2, 0.25) is 0 Å². The molecule has 0 heterocycles. The Morgan fingerprint density at radius 1 is 1.21 bits per heavy atom. The van der Waals surface area contributed by atoms with Crippen molar-refractivity contribution in [2.45, 2.75) is 26.8 Å². The van der Waals surface area contributed by atoms with Crippen molar-refractivity contribution in [1.82, 2.24) is 10.6 Å². The maximum absolute atomic E-state index is 4.19. The highest BCUT2D eigenvalue weighted by atomic mass is 127. The van der Waals surface area contributed by atoms with E-state index < -0.39 is 0 Å². The third kappa shape index (κ3) is 7.87. The van der Waals surface area contributed by atoms with Crippen LogP contribution in [0.25, 0.3) is 0 Å². The van der Waals surface area contributed by atoms with E-state index in [1.54, 1.807) is 7.05 Å². The monoisotopic (exact) mass is 373 g/mol.